The Morgan fingerprint density at radius 2 is 0.893 bits per heavy atom. The predicted molar refractivity (Wildman–Crippen MR) is 236 cm³/mol. The Bertz CT molecular complexity index is 3020. The summed E-state index contributed by atoms with van der Waals surface area (Å²) < 4.78 is 2.39. The molecule has 0 amide bonds. The molecule has 2 heterocycles. The fourth-order valence-corrected chi connectivity index (χ4v) is 9.85. The molecule has 0 N–H and O–H groups in total. The lowest BCUT2D eigenvalue weighted by Gasteiger charge is -2.43. The van der Waals surface area contributed by atoms with Gasteiger partial charge in [0.1, 0.15) is 0 Å². The highest BCUT2D eigenvalue weighted by Gasteiger charge is 2.40. The van der Waals surface area contributed by atoms with Gasteiger partial charge in [-0.1, -0.05) is 143 Å². The Labute approximate surface area is 328 Å². The number of hydrogen-bond donors (Lipinski definition) is 0. The van der Waals surface area contributed by atoms with E-state index in [0.29, 0.717) is 0 Å². The van der Waals surface area contributed by atoms with Crippen LogP contribution in [0.5, 0.6) is 0 Å². The number of fused-ring (bicyclic) bond motifs is 8. The topological polar surface area (TPSA) is 8.17 Å². The maximum absolute atomic E-state index is 2.52. The third-order valence-electron chi connectivity index (χ3n) is 12.8. The lowest BCUT2D eigenvalue weighted by molar-refractivity contribution is 0.632. The summed E-state index contributed by atoms with van der Waals surface area (Å²) in [5.41, 5.74) is 19.9. The Kier molecular flexibility index (Phi) is 6.98. The number of hydrogen-bond acceptors (Lipinski definition) is 1. The number of aromatic nitrogens is 1. The van der Waals surface area contributed by atoms with Crippen LogP contribution in [-0.4, -0.2) is 4.57 Å². The van der Waals surface area contributed by atoms with Crippen molar-refractivity contribution in [2.45, 2.75) is 38.5 Å². The highest BCUT2D eigenvalue weighted by molar-refractivity contribution is 6.10. The molecule has 0 unspecified atom stereocenters. The zero-order valence-electron chi connectivity index (χ0n) is 32.2. The molecule has 0 bridgehead atoms. The second-order valence-electron chi connectivity index (χ2n) is 16.6. The van der Waals surface area contributed by atoms with Crippen LogP contribution in [0.25, 0.3) is 60.9 Å². The van der Waals surface area contributed by atoms with Crippen molar-refractivity contribution in [3.05, 3.63) is 204 Å². The van der Waals surface area contributed by atoms with Crippen LogP contribution in [-0.2, 0) is 10.8 Å². The molecule has 0 saturated carbocycles. The molecule has 8 aromatic carbocycles. The fourth-order valence-electron chi connectivity index (χ4n) is 9.85. The minimum Gasteiger partial charge on any atom is -0.310 e. The van der Waals surface area contributed by atoms with Gasteiger partial charge in [-0.25, -0.2) is 0 Å². The zero-order chi connectivity index (χ0) is 37.8. The van der Waals surface area contributed by atoms with Gasteiger partial charge in [0.2, 0.25) is 0 Å². The van der Waals surface area contributed by atoms with E-state index in [0.717, 1.165) is 0 Å². The van der Waals surface area contributed by atoms with Crippen LogP contribution in [0.15, 0.2) is 182 Å². The standard InChI is InChI=1S/C54H42N2/c1-53(2)45-21-13-11-19-41(45)42-27-26-40(34-46(42)53)56-51-29-24-37(35-15-7-5-8-16-35)32-47(51)54(3,4)48-33-38(25-30-52(48)56)36-23-28-50-44(31-36)43-20-12-14-22-49(43)55(50)39-17-9-6-10-18-39/h5-34H,1-4H3. The first kappa shape index (κ1) is 32.8. The third-order valence-corrected chi connectivity index (χ3v) is 12.8. The lowest BCUT2D eigenvalue weighted by atomic mass is 9.72. The monoisotopic (exact) mass is 718 g/mol. The summed E-state index contributed by atoms with van der Waals surface area (Å²) in [6.45, 7) is 9.55. The number of anilines is 3. The second-order valence-corrected chi connectivity index (χ2v) is 16.6. The molecule has 0 fully saturated rings. The van der Waals surface area contributed by atoms with Crippen LogP contribution in [0.4, 0.5) is 17.1 Å². The van der Waals surface area contributed by atoms with Gasteiger partial charge in [0, 0.05) is 33.0 Å². The average molecular weight is 719 g/mol. The van der Waals surface area contributed by atoms with E-state index < -0.39 is 0 Å². The number of para-hydroxylation sites is 2. The van der Waals surface area contributed by atoms with Crippen LogP contribution >= 0.6 is 0 Å². The van der Waals surface area contributed by atoms with E-state index in [1.54, 1.807) is 0 Å². The Morgan fingerprint density at radius 1 is 0.339 bits per heavy atom. The van der Waals surface area contributed by atoms with E-state index in [1.165, 1.54) is 100 Å². The minimum absolute atomic E-state index is 0.0913. The quantitative estimate of drug-likeness (QED) is 0.176. The molecule has 2 nitrogen and oxygen atoms in total. The normalized spacial score (nSPS) is 14.7. The van der Waals surface area contributed by atoms with Gasteiger partial charge >= 0.3 is 0 Å². The molecule has 1 aromatic heterocycles. The van der Waals surface area contributed by atoms with Crippen LogP contribution < -0.4 is 4.90 Å². The van der Waals surface area contributed by atoms with Crippen molar-refractivity contribution in [1.82, 2.24) is 4.57 Å². The maximum atomic E-state index is 2.52. The first-order chi connectivity index (χ1) is 27.3. The van der Waals surface area contributed by atoms with Gasteiger partial charge in [-0.2, -0.15) is 0 Å². The van der Waals surface area contributed by atoms with E-state index in [9.17, 15) is 0 Å². The van der Waals surface area contributed by atoms with E-state index >= 15 is 0 Å². The molecule has 0 spiro atoms. The van der Waals surface area contributed by atoms with Crippen molar-refractivity contribution in [3.8, 4) is 39.1 Å². The molecule has 268 valence electrons. The van der Waals surface area contributed by atoms with Crippen molar-refractivity contribution in [3.63, 3.8) is 0 Å². The molecule has 11 rings (SSSR count). The fraction of sp³-hybridized carbons (Fsp3) is 0.111. The summed E-state index contributed by atoms with van der Waals surface area (Å²) in [4.78, 5) is 2.52. The molecule has 0 saturated heterocycles. The van der Waals surface area contributed by atoms with Gasteiger partial charge in [0.25, 0.3) is 0 Å². The smallest absolute Gasteiger partial charge is 0.0541 e. The molecule has 56 heavy (non-hydrogen) atoms. The largest absolute Gasteiger partial charge is 0.310 e. The molecule has 2 aliphatic rings. The predicted octanol–water partition coefficient (Wildman–Crippen LogP) is 14.5. The van der Waals surface area contributed by atoms with E-state index in [-0.39, 0.29) is 10.8 Å². The van der Waals surface area contributed by atoms with Crippen LogP contribution in [0.1, 0.15) is 49.9 Å². The molecule has 2 heteroatoms. The zero-order valence-corrected chi connectivity index (χ0v) is 32.2. The highest BCUT2D eigenvalue weighted by Crippen LogP contribution is 2.56. The van der Waals surface area contributed by atoms with Crippen molar-refractivity contribution in [2.24, 2.45) is 0 Å². The van der Waals surface area contributed by atoms with Gasteiger partial charge < -0.3 is 9.47 Å². The van der Waals surface area contributed by atoms with Crippen LogP contribution in [0, 0.1) is 0 Å². The van der Waals surface area contributed by atoms with Crippen molar-refractivity contribution < 1.29 is 0 Å². The van der Waals surface area contributed by atoms with Gasteiger partial charge in [-0.05, 0) is 122 Å². The minimum atomic E-state index is -0.262. The molecule has 0 radical (unpaired) electrons. The van der Waals surface area contributed by atoms with Crippen molar-refractivity contribution in [1.29, 1.82) is 0 Å². The van der Waals surface area contributed by atoms with Crippen LogP contribution in [0.2, 0.25) is 0 Å². The number of nitrogens with zero attached hydrogens (tertiary/aromatic N) is 2. The molecular weight excluding hydrogens is 677 g/mol. The molecule has 9 aromatic rings. The van der Waals surface area contributed by atoms with Crippen LogP contribution in [0.3, 0.4) is 0 Å². The summed E-state index contributed by atoms with van der Waals surface area (Å²) >= 11 is 0. The highest BCUT2D eigenvalue weighted by atomic mass is 15.2. The lowest BCUT2D eigenvalue weighted by Crippen LogP contribution is -2.31. The van der Waals surface area contributed by atoms with Gasteiger partial charge in [-0.3, -0.25) is 0 Å². The summed E-state index contributed by atoms with van der Waals surface area (Å²) in [6, 6.07) is 67.6. The summed E-state index contributed by atoms with van der Waals surface area (Å²) in [7, 11) is 0. The third kappa shape index (κ3) is 4.69. The van der Waals surface area contributed by atoms with Gasteiger partial charge in [0.05, 0.1) is 22.4 Å². The molecule has 1 aliphatic carbocycles. The Morgan fingerprint density at radius 3 is 1.64 bits per heavy atom. The summed E-state index contributed by atoms with van der Waals surface area (Å²) in [5.74, 6) is 0. The number of benzene rings is 8. The SMILES string of the molecule is CC1(C)c2ccccc2-c2ccc(N3c4ccc(-c5ccccc5)cc4C(C)(C)c4cc(-c5ccc6c(c5)c5ccccc5n6-c5ccccc5)ccc43)cc21. The summed E-state index contributed by atoms with van der Waals surface area (Å²) in [5, 5.41) is 2.53. The summed E-state index contributed by atoms with van der Waals surface area (Å²) in [6.07, 6.45) is 0. The van der Waals surface area contributed by atoms with Crippen molar-refractivity contribution >= 4 is 38.9 Å². The molecule has 1 aliphatic heterocycles. The van der Waals surface area contributed by atoms with E-state index in [1.807, 2.05) is 0 Å². The van der Waals surface area contributed by atoms with E-state index in [4.69, 9.17) is 0 Å². The molecule has 0 atom stereocenters. The first-order valence-corrected chi connectivity index (χ1v) is 19.8. The van der Waals surface area contributed by atoms with E-state index in [2.05, 4.69) is 219 Å². The maximum Gasteiger partial charge on any atom is 0.0541 e. The van der Waals surface area contributed by atoms with Gasteiger partial charge in [-0.15, -0.1) is 0 Å². The van der Waals surface area contributed by atoms with Gasteiger partial charge in [0.15, 0.2) is 0 Å². The molecular formula is C54H42N2. The second kappa shape index (κ2) is 11.9. The Balaban J connectivity index is 1.10. The van der Waals surface area contributed by atoms with Crippen molar-refractivity contribution in [2.75, 3.05) is 4.90 Å². The number of rotatable bonds is 4. The first-order valence-electron chi connectivity index (χ1n) is 19.8. The Hall–Kier alpha value is -6.64. The average Bonchev–Trinajstić information content (AvgIpc) is 3.69.